The summed E-state index contributed by atoms with van der Waals surface area (Å²) in [5.41, 5.74) is 1.01. The van der Waals surface area contributed by atoms with Crippen molar-refractivity contribution in [1.29, 1.82) is 0 Å². The molecule has 2 aromatic rings. The number of nitrogens with one attached hydrogen (secondary N) is 1. The summed E-state index contributed by atoms with van der Waals surface area (Å²) in [5, 5.41) is 3.48. The number of hydrogen-bond donors (Lipinski definition) is 1. The van der Waals surface area contributed by atoms with Gasteiger partial charge in [-0.3, -0.25) is 0 Å². The normalized spacial score (nSPS) is 15.9. The highest BCUT2D eigenvalue weighted by Gasteiger charge is 2.43. The van der Waals surface area contributed by atoms with Crippen molar-refractivity contribution in [2.75, 3.05) is 11.9 Å². The second-order valence-corrected chi connectivity index (χ2v) is 6.94. The number of rotatable bonds is 5. The molecular formula is C16H19N3S. The Balaban J connectivity index is 1.63. The molecule has 1 N–H and O–H groups in total. The van der Waals surface area contributed by atoms with E-state index in [9.17, 15) is 0 Å². The average Bonchev–Trinajstić information content (AvgIpc) is 3.17. The standard InChI is InChI=1S/C16H19N3S/c1-12-10-15(19-13(2)18-12)17-11-16(8-9-16)20-14-6-4-3-5-7-14/h3-7,10H,8-9,11H2,1-2H3,(H,17,18,19). The van der Waals surface area contributed by atoms with E-state index in [1.807, 2.05) is 31.7 Å². The molecule has 104 valence electrons. The van der Waals surface area contributed by atoms with Gasteiger partial charge in [0, 0.05) is 27.9 Å². The molecular weight excluding hydrogens is 266 g/mol. The third kappa shape index (κ3) is 3.31. The zero-order valence-corrected chi connectivity index (χ0v) is 12.7. The van der Waals surface area contributed by atoms with Crippen LogP contribution in [0, 0.1) is 13.8 Å². The van der Waals surface area contributed by atoms with Gasteiger partial charge in [-0.05, 0) is 38.8 Å². The van der Waals surface area contributed by atoms with Crippen LogP contribution in [0.3, 0.4) is 0 Å². The van der Waals surface area contributed by atoms with Gasteiger partial charge in [0.15, 0.2) is 0 Å². The Morgan fingerprint density at radius 2 is 1.90 bits per heavy atom. The van der Waals surface area contributed by atoms with E-state index >= 15 is 0 Å². The van der Waals surface area contributed by atoms with Crippen molar-refractivity contribution >= 4 is 17.6 Å². The highest BCUT2D eigenvalue weighted by atomic mass is 32.2. The summed E-state index contributed by atoms with van der Waals surface area (Å²) < 4.78 is 0.341. The monoisotopic (exact) mass is 285 g/mol. The summed E-state index contributed by atoms with van der Waals surface area (Å²) in [7, 11) is 0. The zero-order chi connectivity index (χ0) is 14.0. The van der Waals surface area contributed by atoms with Gasteiger partial charge in [0.2, 0.25) is 0 Å². The number of aryl methyl sites for hydroxylation is 2. The average molecular weight is 285 g/mol. The van der Waals surface area contributed by atoms with Crippen molar-refractivity contribution in [2.24, 2.45) is 0 Å². The van der Waals surface area contributed by atoms with E-state index < -0.39 is 0 Å². The summed E-state index contributed by atoms with van der Waals surface area (Å²) in [4.78, 5) is 10.1. The first-order chi connectivity index (χ1) is 9.65. The van der Waals surface area contributed by atoms with Crippen LogP contribution < -0.4 is 5.32 Å². The van der Waals surface area contributed by atoms with Crippen molar-refractivity contribution in [3.8, 4) is 0 Å². The van der Waals surface area contributed by atoms with Crippen molar-refractivity contribution in [1.82, 2.24) is 9.97 Å². The molecule has 1 heterocycles. The number of thioether (sulfide) groups is 1. The number of hydrogen-bond acceptors (Lipinski definition) is 4. The van der Waals surface area contributed by atoms with Gasteiger partial charge in [-0.15, -0.1) is 11.8 Å². The van der Waals surface area contributed by atoms with Crippen LogP contribution in [0.25, 0.3) is 0 Å². The Bertz CT molecular complexity index is 574. The van der Waals surface area contributed by atoms with E-state index in [0.717, 1.165) is 23.9 Å². The van der Waals surface area contributed by atoms with E-state index in [4.69, 9.17) is 0 Å². The lowest BCUT2D eigenvalue weighted by Crippen LogP contribution is -2.18. The van der Waals surface area contributed by atoms with Gasteiger partial charge in [0.25, 0.3) is 0 Å². The van der Waals surface area contributed by atoms with Crippen LogP contribution in [-0.4, -0.2) is 21.3 Å². The van der Waals surface area contributed by atoms with Crippen LogP contribution in [0.15, 0.2) is 41.3 Å². The quantitative estimate of drug-likeness (QED) is 0.906. The van der Waals surface area contributed by atoms with Gasteiger partial charge in [-0.1, -0.05) is 18.2 Å². The minimum absolute atomic E-state index is 0.341. The van der Waals surface area contributed by atoms with Gasteiger partial charge >= 0.3 is 0 Å². The van der Waals surface area contributed by atoms with Crippen molar-refractivity contribution in [3.63, 3.8) is 0 Å². The number of nitrogens with zero attached hydrogens (tertiary/aromatic N) is 2. The summed E-state index contributed by atoms with van der Waals surface area (Å²) >= 11 is 1.98. The fourth-order valence-electron chi connectivity index (χ4n) is 2.25. The van der Waals surface area contributed by atoms with Gasteiger partial charge in [0.05, 0.1) is 0 Å². The maximum atomic E-state index is 4.44. The molecule has 1 aliphatic carbocycles. The Kier molecular flexibility index (Phi) is 3.66. The fourth-order valence-corrected chi connectivity index (χ4v) is 3.50. The lowest BCUT2D eigenvalue weighted by atomic mass is 10.3. The van der Waals surface area contributed by atoms with Crippen LogP contribution in [0.1, 0.15) is 24.4 Å². The molecule has 0 spiro atoms. The van der Waals surface area contributed by atoms with E-state index in [0.29, 0.717) is 4.75 Å². The highest BCUT2D eigenvalue weighted by molar-refractivity contribution is 8.01. The molecule has 1 fully saturated rings. The van der Waals surface area contributed by atoms with E-state index in [1.165, 1.54) is 17.7 Å². The Morgan fingerprint density at radius 1 is 1.15 bits per heavy atom. The summed E-state index contributed by atoms with van der Waals surface area (Å²) in [6, 6.07) is 12.6. The summed E-state index contributed by atoms with van der Waals surface area (Å²) in [5.74, 6) is 1.77. The molecule has 0 amide bonds. The molecule has 0 bridgehead atoms. The van der Waals surface area contributed by atoms with Crippen LogP contribution in [0.5, 0.6) is 0 Å². The Hall–Kier alpha value is -1.55. The first-order valence-corrected chi connectivity index (χ1v) is 7.77. The number of aromatic nitrogens is 2. The van der Waals surface area contributed by atoms with Crippen LogP contribution in [-0.2, 0) is 0 Å². The molecule has 0 saturated heterocycles. The summed E-state index contributed by atoms with van der Waals surface area (Å²) in [6.07, 6.45) is 2.53. The summed E-state index contributed by atoms with van der Waals surface area (Å²) in [6.45, 7) is 4.90. The second kappa shape index (κ2) is 5.44. The minimum Gasteiger partial charge on any atom is -0.369 e. The minimum atomic E-state index is 0.341. The number of benzene rings is 1. The van der Waals surface area contributed by atoms with Crippen molar-refractivity contribution in [2.45, 2.75) is 36.3 Å². The molecule has 4 heteroatoms. The third-order valence-corrected chi connectivity index (χ3v) is 4.94. The molecule has 0 atom stereocenters. The molecule has 0 radical (unpaired) electrons. The van der Waals surface area contributed by atoms with Gasteiger partial charge in [0.1, 0.15) is 11.6 Å². The van der Waals surface area contributed by atoms with Crippen LogP contribution in [0.2, 0.25) is 0 Å². The first kappa shape index (κ1) is 13.4. The molecule has 3 rings (SSSR count). The highest BCUT2D eigenvalue weighted by Crippen LogP contribution is 2.51. The van der Waals surface area contributed by atoms with Gasteiger partial charge in [-0.25, -0.2) is 9.97 Å². The molecule has 20 heavy (non-hydrogen) atoms. The topological polar surface area (TPSA) is 37.8 Å². The fraction of sp³-hybridized carbons (Fsp3) is 0.375. The van der Waals surface area contributed by atoms with Crippen molar-refractivity contribution < 1.29 is 0 Å². The second-order valence-electron chi connectivity index (χ2n) is 5.39. The SMILES string of the molecule is Cc1cc(NCC2(Sc3ccccc3)CC2)nc(C)n1. The third-order valence-electron chi connectivity index (χ3n) is 3.44. The maximum absolute atomic E-state index is 4.44. The molecule has 1 aromatic carbocycles. The van der Waals surface area contributed by atoms with Crippen LogP contribution in [0.4, 0.5) is 5.82 Å². The predicted octanol–water partition coefficient (Wildman–Crippen LogP) is 3.83. The lowest BCUT2D eigenvalue weighted by Gasteiger charge is -2.16. The Labute approximate surface area is 124 Å². The smallest absolute Gasteiger partial charge is 0.129 e. The molecule has 0 aliphatic heterocycles. The van der Waals surface area contributed by atoms with Gasteiger partial charge < -0.3 is 5.32 Å². The van der Waals surface area contributed by atoms with Crippen molar-refractivity contribution in [3.05, 3.63) is 47.9 Å². The Morgan fingerprint density at radius 3 is 2.55 bits per heavy atom. The molecule has 1 saturated carbocycles. The largest absolute Gasteiger partial charge is 0.369 e. The molecule has 1 aromatic heterocycles. The number of anilines is 1. The van der Waals surface area contributed by atoms with Crippen LogP contribution >= 0.6 is 11.8 Å². The van der Waals surface area contributed by atoms with E-state index in [-0.39, 0.29) is 0 Å². The lowest BCUT2D eigenvalue weighted by molar-refractivity contribution is 0.921. The predicted molar refractivity (Wildman–Crippen MR) is 84.3 cm³/mol. The van der Waals surface area contributed by atoms with E-state index in [1.54, 1.807) is 0 Å². The molecule has 1 aliphatic rings. The van der Waals surface area contributed by atoms with E-state index in [2.05, 4.69) is 45.6 Å². The van der Waals surface area contributed by atoms with Gasteiger partial charge in [-0.2, -0.15) is 0 Å². The maximum Gasteiger partial charge on any atom is 0.129 e. The first-order valence-electron chi connectivity index (χ1n) is 6.95. The molecule has 3 nitrogen and oxygen atoms in total. The molecule has 0 unspecified atom stereocenters. The zero-order valence-electron chi connectivity index (χ0n) is 11.9.